The first-order valence-corrected chi connectivity index (χ1v) is 10.0. The fourth-order valence-corrected chi connectivity index (χ4v) is 5.82. The van der Waals surface area contributed by atoms with Crippen LogP contribution < -0.4 is 0 Å². The molecule has 0 aliphatic carbocycles. The van der Waals surface area contributed by atoms with E-state index < -0.39 is 0 Å². The van der Waals surface area contributed by atoms with E-state index in [9.17, 15) is 14.7 Å². The Labute approximate surface area is 152 Å². The maximum atomic E-state index is 13.0. The fraction of sp³-hybridized carbons (Fsp3) is 0.579. The lowest BCUT2D eigenvalue weighted by Crippen LogP contribution is -2.52. The number of benzene rings is 1. The van der Waals surface area contributed by atoms with Crippen molar-refractivity contribution in [3.8, 4) is 5.75 Å². The Kier molecular flexibility index (Phi) is 4.18. The van der Waals surface area contributed by atoms with Crippen molar-refractivity contribution in [1.29, 1.82) is 0 Å². The van der Waals surface area contributed by atoms with Gasteiger partial charge in [0.05, 0.1) is 4.87 Å². The number of amides is 2. The molecule has 2 amide bonds. The molecule has 0 saturated carbocycles. The summed E-state index contributed by atoms with van der Waals surface area (Å²) in [6.07, 6.45) is 3.28. The number of hydrogen-bond acceptors (Lipinski definition) is 4. The molecule has 0 bridgehead atoms. The van der Waals surface area contributed by atoms with E-state index in [2.05, 4.69) is 6.92 Å². The number of hydrogen-bond donors (Lipinski definition) is 1. The Balaban J connectivity index is 1.40. The molecule has 3 fully saturated rings. The molecular weight excluding hydrogens is 336 g/mol. The van der Waals surface area contributed by atoms with Gasteiger partial charge in [-0.2, -0.15) is 0 Å². The van der Waals surface area contributed by atoms with Gasteiger partial charge < -0.3 is 14.9 Å². The first kappa shape index (κ1) is 16.8. The van der Waals surface area contributed by atoms with Gasteiger partial charge in [-0.1, -0.05) is 12.1 Å². The average molecular weight is 360 g/mol. The monoisotopic (exact) mass is 360 g/mol. The van der Waals surface area contributed by atoms with E-state index in [4.69, 9.17) is 0 Å². The maximum absolute atomic E-state index is 13.0. The molecule has 5 nitrogen and oxygen atoms in total. The molecule has 1 aromatic rings. The zero-order chi connectivity index (χ0) is 17.6. The molecule has 0 radical (unpaired) electrons. The van der Waals surface area contributed by atoms with Crippen molar-refractivity contribution < 1.29 is 14.7 Å². The number of likely N-dealkylation sites (tertiary alicyclic amines) is 1. The van der Waals surface area contributed by atoms with Crippen molar-refractivity contribution in [2.24, 2.45) is 0 Å². The number of phenolic OH excluding ortho intramolecular Hbond substituents is 1. The second-order valence-corrected chi connectivity index (χ2v) is 8.96. The Hall–Kier alpha value is -1.69. The number of thioether (sulfide) groups is 1. The lowest BCUT2D eigenvalue weighted by molar-refractivity contribution is -0.144. The summed E-state index contributed by atoms with van der Waals surface area (Å²) >= 11 is 1.75. The van der Waals surface area contributed by atoms with Crippen LogP contribution in [0.25, 0.3) is 0 Å². The number of aromatic hydroxyl groups is 1. The van der Waals surface area contributed by atoms with Crippen LogP contribution in [-0.2, 0) is 9.59 Å². The van der Waals surface area contributed by atoms with Crippen LogP contribution in [-0.4, -0.2) is 56.5 Å². The molecule has 0 spiro atoms. The summed E-state index contributed by atoms with van der Waals surface area (Å²) in [6, 6.07) is 7.11. The first-order chi connectivity index (χ1) is 12.0. The largest absolute Gasteiger partial charge is 0.508 e. The van der Waals surface area contributed by atoms with Crippen molar-refractivity contribution >= 4 is 23.6 Å². The van der Waals surface area contributed by atoms with E-state index in [1.165, 1.54) is 5.56 Å². The number of carbonyl (C=O) groups excluding carboxylic acids is 2. The summed E-state index contributed by atoms with van der Waals surface area (Å²) < 4.78 is 0. The third-order valence-corrected chi connectivity index (χ3v) is 7.41. The van der Waals surface area contributed by atoms with Crippen molar-refractivity contribution in [2.75, 3.05) is 18.8 Å². The van der Waals surface area contributed by atoms with Crippen molar-refractivity contribution in [1.82, 2.24) is 9.80 Å². The minimum atomic E-state index is -0.282. The summed E-state index contributed by atoms with van der Waals surface area (Å²) in [4.78, 5) is 28.9. The molecule has 0 unspecified atom stereocenters. The SMILES string of the molecule is C[C@]12CCC(=O)N1[C@@H](C(=O)N1CCC(c3ccc(O)cc3)CC1)CS2. The second kappa shape index (κ2) is 6.24. The summed E-state index contributed by atoms with van der Waals surface area (Å²) in [7, 11) is 0. The fourth-order valence-electron chi connectivity index (χ4n) is 4.39. The topological polar surface area (TPSA) is 60.9 Å². The van der Waals surface area contributed by atoms with Gasteiger partial charge in [0.25, 0.3) is 0 Å². The lowest BCUT2D eigenvalue weighted by Gasteiger charge is -2.36. The van der Waals surface area contributed by atoms with E-state index in [0.717, 1.165) is 38.1 Å². The van der Waals surface area contributed by atoms with E-state index in [1.807, 2.05) is 21.9 Å². The molecule has 3 aliphatic rings. The smallest absolute Gasteiger partial charge is 0.246 e. The Morgan fingerprint density at radius 3 is 2.60 bits per heavy atom. The van der Waals surface area contributed by atoms with Crippen LogP contribution in [0.1, 0.15) is 44.1 Å². The summed E-state index contributed by atoms with van der Waals surface area (Å²) in [5, 5.41) is 9.42. The van der Waals surface area contributed by atoms with E-state index in [-0.39, 0.29) is 28.5 Å². The second-order valence-electron chi connectivity index (χ2n) is 7.46. The molecule has 1 aromatic carbocycles. The third-order valence-electron chi connectivity index (χ3n) is 5.90. The van der Waals surface area contributed by atoms with Gasteiger partial charge in [0.1, 0.15) is 11.8 Å². The Morgan fingerprint density at radius 2 is 1.92 bits per heavy atom. The molecule has 25 heavy (non-hydrogen) atoms. The Bertz CT molecular complexity index is 684. The van der Waals surface area contributed by atoms with E-state index in [0.29, 0.717) is 12.3 Å². The maximum Gasteiger partial charge on any atom is 0.246 e. The third kappa shape index (κ3) is 2.90. The van der Waals surface area contributed by atoms with Crippen LogP contribution in [0.2, 0.25) is 0 Å². The number of carbonyl (C=O) groups is 2. The molecule has 2 atom stereocenters. The minimum Gasteiger partial charge on any atom is -0.508 e. The van der Waals surface area contributed by atoms with Gasteiger partial charge in [-0.15, -0.1) is 11.8 Å². The normalized spacial score (nSPS) is 30.0. The van der Waals surface area contributed by atoms with Crippen LogP contribution in [0, 0.1) is 0 Å². The molecular formula is C19H24N2O3S. The minimum absolute atomic E-state index is 0.121. The van der Waals surface area contributed by atoms with Gasteiger partial charge in [0.15, 0.2) is 0 Å². The summed E-state index contributed by atoms with van der Waals surface area (Å²) in [6.45, 7) is 3.57. The van der Waals surface area contributed by atoms with Crippen LogP contribution in [0.4, 0.5) is 0 Å². The van der Waals surface area contributed by atoms with Crippen LogP contribution in [0.5, 0.6) is 5.75 Å². The molecule has 3 heterocycles. The van der Waals surface area contributed by atoms with E-state index in [1.54, 1.807) is 23.9 Å². The lowest BCUT2D eigenvalue weighted by atomic mass is 9.89. The summed E-state index contributed by atoms with van der Waals surface area (Å²) in [5.41, 5.74) is 1.23. The molecule has 3 saturated heterocycles. The number of fused-ring (bicyclic) bond motifs is 1. The van der Waals surface area contributed by atoms with Gasteiger partial charge in [-0.25, -0.2) is 0 Å². The molecule has 1 N–H and O–H groups in total. The highest BCUT2D eigenvalue weighted by Crippen LogP contribution is 2.47. The highest BCUT2D eigenvalue weighted by atomic mass is 32.2. The number of nitrogens with zero attached hydrogens (tertiary/aromatic N) is 2. The van der Waals surface area contributed by atoms with Gasteiger partial charge in [0.2, 0.25) is 11.8 Å². The molecule has 6 heteroatoms. The highest BCUT2D eigenvalue weighted by molar-refractivity contribution is 8.01. The molecule has 4 rings (SSSR count). The summed E-state index contributed by atoms with van der Waals surface area (Å²) in [5.74, 6) is 1.69. The quantitative estimate of drug-likeness (QED) is 0.880. The van der Waals surface area contributed by atoms with Crippen molar-refractivity contribution in [3.05, 3.63) is 29.8 Å². The van der Waals surface area contributed by atoms with Gasteiger partial charge in [-0.3, -0.25) is 9.59 Å². The standard InChI is InChI=1S/C19H24N2O3S/c1-19-9-6-17(23)21(19)16(12-25-19)18(24)20-10-7-14(8-11-20)13-2-4-15(22)5-3-13/h2-5,14,16,22H,6-12H2,1H3/t16-,19+/m1/s1. The van der Waals surface area contributed by atoms with Gasteiger partial charge in [-0.05, 0) is 49.8 Å². The molecule has 0 aromatic heterocycles. The van der Waals surface area contributed by atoms with Crippen molar-refractivity contribution in [3.63, 3.8) is 0 Å². The van der Waals surface area contributed by atoms with Crippen LogP contribution >= 0.6 is 11.8 Å². The molecule has 134 valence electrons. The van der Waals surface area contributed by atoms with Crippen LogP contribution in [0.15, 0.2) is 24.3 Å². The number of rotatable bonds is 2. The zero-order valence-electron chi connectivity index (χ0n) is 14.5. The Morgan fingerprint density at radius 1 is 1.24 bits per heavy atom. The number of phenols is 1. The van der Waals surface area contributed by atoms with E-state index >= 15 is 0 Å². The predicted octanol–water partition coefficient (Wildman–Crippen LogP) is 2.55. The zero-order valence-corrected chi connectivity index (χ0v) is 15.3. The van der Waals surface area contributed by atoms with Crippen LogP contribution in [0.3, 0.4) is 0 Å². The average Bonchev–Trinajstić information content (AvgIpc) is 3.11. The van der Waals surface area contributed by atoms with Crippen molar-refractivity contribution in [2.45, 2.75) is 49.4 Å². The number of piperidine rings is 1. The van der Waals surface area contributed by atoms with Gasteiger partial charge in [0, 0.05) is 25.3 Å². The highest BCUT2D eigenvalue weighted by Gasteiger charge is 2.53. The first-order valence-electron chi connectivity index (χ1n) is 9.02. The molecule has 3 aliphatic heterocycles. The predicted molar refractivity (Wildman–Crippen MR) is 97.4 cm³/mol. The van der Waals surface area contributed by atoms with Gasteiger partial charge >= 0.3 is 0 Å².